The van der Waals surface area contributed by atoms with Gasteiger partial charge in [-0.1, -0.05) is 11.6 Å². The number of aromatic nitrogens is 1. The van der Waals surface area contributed by atoms with Crippen LogP contribution in [0.3, 0.4) is 0 Å². The SMILES string of the molecule is COc1ncccc1C(=O)c1sccc1Cl. The van der Waals surface area contributed by atoms with Crippen LogP contribution < -0.4 is 4.74 Å². The highest BCUT2D eigenvalue weighted by atomic mass is 35.5. The van der Waals surface area contributed by atoms with Gasteiger partial charge in [0.15, 0.2) is 0 Å². The first-order chi connectivity index (χ1) is 7.74. The van der Waals surface area contributed by atoms with Crippen molar-refractivity contribution in [3.05, 3.63) is 45.2 Å². The first-order valence-corrected chi connectivity index (χ1v) is 5.76. The Hall–Kier alpha value is -1.39. The Balaban J connectivity index is 2.46. The smallest absolute Gasteiger partial charge is 0.224 e. The van der Waals surface area contributed by atoms with E-state index in [4.69, 9.17) is 16.3 Å². The molecule has 5 heteroatoms. The number of carbonyl (C=O) groups excluding carboxylic acids is 1. The highest BCUT2D eigenvalue weighted by Crippen LogP contribution is 2.27. The van der Waals surface area contributed by atoms with Crippen LogP contribution in [0.4, 0.5) is 0 Å². The van der Waals surface area contributed by atoms with Crippen molar-refractivity contribution in [3.63, 3.8) is 0 Å². The van der Waals surface area contributed by atoms with Crippen LogP contribution in [-0.2, 0) is 0 Å². The lowest BCUT2D eigenvalue weighted by Gasteiger charge is -2.04. The number of ether oxygens (including phenoxy) is 1. The molecule has 2 aromatic rings. The molecule has 0 radical (unpaired) electrons. The van der Waals surface area contributed by atoms with Gasteiger partial charge in [-0.15, -0.1) is 11.3 Å². The minimum atomic E-state index is -0.162. The van der Waals surface area contributed by atoms with Gasteiger partial charge in [0.2, 0.25) is 11.7 Å². The first kappa shape index (κ1) is 11.1. The molecule has 0 atom stereocenters. The molecule has 0 saturated carbocycles. The Morgan fingerprint density at radius 1 is 1.50 bits per heavy atom. The third-order valence-corrected chi connectivity index (χ3v) is 3.37. The summed E-state index contributed by atoms with van der Waals surface area (Å²) in [6.45, 7) is 0. The molecule has 0 amide bonds. The van der Waals surface area contributed by atoms with Crippen LogP contribution >= 0.6 is 22.9 Å². The van der Waals surface area contributed by atoms with Gasteiger partial charge in [0, 0.05) is 6.20 Å². The Labute approximate surface area is 102 Å². The summed E-state index contributed by atoms with van der Waals surface area (Å²) in [5.41, 5.74) is 0.425. The largest absolute Gasteiger partial charge is 0.480 e. The summed E-state index contributed by atoms with van der Waals surface area (Å²) in [4.78, 5) is 16.6. The van der Waals surface area contributed by atoms with Crippen molar-refractivity contribution < 1.29 is 9.53 Å². The van der Waals surface area contributed by atoms with Crippen LogP contribution in [-0.4, -0.2) is 17.9 Å². The van der Waals surface area contributed by atoms with Gasteiger partial charge in [-0.2, -0.15) is 0 Å². The maximum absolute atomic E-state index is 12.1. The molecule has 16 heavy (non-hydrogen) atoms. The summed E-state index contributed by atoms with van der Waals surface area (Å²) >= 11 is 7.22. The zero-order valence-corrected chi connectivity index (χ0v) is 10.0. The monoisotopic (exact) mass is 253 g/mol. The second-order valence-electron chi connectivity index (χ2n) is 2.99. The average Bonchev–Trinajstić information content (AvgIpc) is 2.74. The third kappa shape index (κ3) is 1.94. The van der Waals surface area contributed by atoms with Gasteiger partial charge < -0.3 is 4.74 Å². The van der Waals surface area contributed by atoms with Crippen LogP contribution in [0, 0.1) is 0 Å². The van der Waals surface area contributed by atoms with Crippen LogP contribution in [0.1, 0.15) is 15.2 Å². The van der Waals surface area contributed by atoms with E-state index in [1.165, 1.54) is 18.4 Å². The highest BCUT2D eigenvalue weighted by molar-refractivity contribution is 7.13. The van der Waals surface area contributed by atoms with E-state index >= 15 is 0 Å². The van der Waals surface area contributed by atoms with Crippen molar-refractivity contribution in [1.29, 1.82) is 0 Å². The number of nitrogens with zero attached hydrogens (tertiary/aromatic N) is 1. The fourth-order valence-electron chi connectivity index (χ4n) is 1.30. The molecular weight excluding hydrogens is 246 g/mol. The van der Waals surface area contributed by atoms with E-state index in [1.807, 2.05) is 0 Å². The Bertz CT molecular complexity index is 524. The molecule has 3 nitrogen and oxygen atoms in total. The van der Waals surface area contributed by atoms with E-state index in [1.54, 1.807) is 29.8 Å². The maximum atomic E-state index is 12.1. The quantitative estimate of drug-likeness (QED) is 0.790. The number of thiophene rings is 1. The summed E-state index contributed by atoms with van der Waals surface area (Å²) in [7, 11) is 1.48. The molecule has 2 aromatic heterocycles. The lowest BCUT2D eigenvalue weighted by Crippen LogP contribution is -2.03. The fraction of sp³-hybridized carbons (Fsp3) is 0.0909. The van der Waals surface area contributed by atoms with Crippen molar-refractivity contribution in [2.45, 2.75) is 0 Å². The molecule has 2 rings (SSSR count). The Kier molecular flexibility index (Phi) is 3.22. The maximum Gasteiger partial charge on any atom is 0.224 e. The number of hydrogen-bond acceptors (Lipinski definition) is 4. The highest BCUT2D eigenvalue weighted by Gasteiger charge is 2.18. The lowest BCUT2D eigenvalue weighted by atomic mass is 10.1. The number of rotatable bonds is 3. The predicted molar refractivity (Wildman–Crippen MR) is 63.6 cm³/mol. The molecular formula is C11H8ClNO2S. The molecule has 0 aliphatic carbocycles. The molecule has 82 valence electrons. The van der Waals surface area contributed by atoms with Gasteiger partial charge in [-0.3, -0.25) is 4.79 Å². The van der Waals surface area contributed by atoms with E-state index in [0.717, 1.165) is 0 Å². The van der Waals surface area contributed by atoms with E-state index in [2.05, 4.69) is 4.98 Å². The van der Waals surface area contributed by atoms with Gasteiger partial charge in [0.1, 0.15) is 0 Å². The summed E-state index contributed by atoms with van der Waals surface area (Å²) in [5.74, 6) is 0.155. The molecule has 0 fully saturated rings. The second kappa shape index (κ2) is 4.63. The van der Waals surface area contributed by atoms with Crippen molar-refractivity contribution >= 4 is 28.7 Å². The molecule has 0 bridgehead atoms. The van der Waals surface area contributed by atoms with Crippen LogP contribution in [0.15, 0.2) is 29.8 Å². The molecule has 0 saturated heterocycles. The minimum absolute atomic E-state index is 0.162. The predicted octanol–water partition coefficient (Wildman–Crippen LogP) is 3.04. The number of ketones is 1. The van der Waals surface area contributed by atoms with E-state index < -0.39 is 0 Å². The molecule has 0 spiro atoms. The average molecular weight is 254 g/mol. The molecule has 0 aliphatic rings. The van der Waals surface area contributed by atoms with E-state index in [-0.39, 0.29) is 5.78 Å². The van der Waals surface area contributed by atoms with Gasteiger partial charge in [0.25, 0.3) is 0 Å². The van der Waals surface area contributed by atoms with Crippen molar-refractivity contribution in [2.75, 3.05) is 7.11 Å². The Morgan fingerprint density at radius 3 is 2.94 bits per heavy atom. The molecule has 0 N–H and O–H groups in total. The number of carbonyl (C=O) groups is 1. The van der Waals surface area contributed by atoms with Crippen molar-refractivity contribution in [3.8, 4) is 5.88 Å². The molecule has 0 unspecified atom stereocenters. The minimum Gasteiger partial charge on any atom is -0.480 e. The number of hydrogen-bond donors (Lipinski definition) is 0. The molecule has 0 aromatic carbocycles. The van der Waals surface area contributed by atoms with Gasteiger partial charge in [0.05, 0.1) is 22.6 Å². The number of halogens is 1. The first-order valence-electron chi connectivity index (χ1n) is 4.50. The van der Waals surface area contributed by atoms with Crippen LogP contribution in [0.25, 0.3) is 0 Å². The summed E-state index contributed by atoms with van der Waals surface area (Å²) in [6, 6.07) is 5.06. The van der Waals surface area contributed by atoms with Crippen molar-refractivity contribution in [2.24, 2.45) is 0 Å². The second-order valence-corrected chi connectivity index (χ2v) is 4.31. The van der Waals surface area contributed by atoms with Gasteiger partial charge in [-0.25, -0.2) is 4.98 Å². The standard InChI is InChI=1S/C11H8ClNO2S/c1-15-11-7(3-2-5-13-11)9(14)10-8(12)4-6-16-10/h2-6H,1H3. The van der Waals surface area contributed by atoms with E-state index in [9.17, 15) is 4.79 Å². The topological polar surface area (TPSA) is 39.2 Å². The van der Waals surface area contributed by atoms with Gasteiger partial charge >= 0.3 is 0 Å². The van der Waals surface area contributed by atoms with Crippen molar-refractivity contribution in [1.82, 2.24) is 4.98 Å². The summed E-state index contributed by atoms with van der Waals surface area (Å²) < 4.78 is 5.03. The fourth-order valence-corrected chi connectivity index (χ4v) is 2.40. The molecule has 0 aliphatic heterocycles. The zero-order valence-electron chi connectivity index (χ0n) is 8.44. The summed E-state index contributed by atoms with van der Waals surface area (Å²) in [5, 5.41) is 2.24. The van der Waals surface area contributed by atoms with Crippen LogP contribution in [0.2, 0.25) is 5.02 Å². The zero-order chi connectivity index (χ0) is 11.5. The lowest BCUT2D eigenvalue weighted by molar-refractivity contribution is 0.103. The summed E-state index contributed by atoms with van der Waals surface area (Å²) in [6.07, 6.45) is 1.58. The number of pyridine rings is 1. The van der Waals surface area contributed by atoms with E-state index in [0.29, 0.717) is 21.3 Å². The molecule has 2 heterocycles. The Morgan fingerprint density at radius 2 is 2.31 bits per heavy atom. The number of methoxy groups -OCH3 is 1. The van der Waals surface area contributed by atoms with Gasteiger partial charge in [-0.05, 0) is 23.6 Å². The normalized spacial score (nSPS) is 10.1. The third-order valence-electron chi connectivity index (χ3n) is 2.03. The van der Waals surface area contributed by atoms with Crippen LogP contribution in [0.5, 0.6) is 5.88 Å².